The molecular weight excluding hydrogens is 136 g/mol. The van der Waals surface area contributed by atoms with Crippen LogP contribution in [0, 0.1) is 11.8 Å². The second-order valence-electron chi connectivity index (χ2n) is 3.87. The van der Waals surface area contributed by atoms with Crippen molar-refractivity contribution in [2.75, 3.05) is 33.2 Å². The summed E-state index contributed by atoms with van der Waals surface area (Å²) in [6, 6.07) is 0. The molecule has 0 saturated carbocycles. The molecule has 2 heteroatoms. The first-order chi connectivity index (χ1) is 5.24. The van der Waals surface area contributed by atoms with E-state index in [2.05, 4.69) is 24.1 Å². The van der Waals surface area contributed by atoms with Crippen molar-refractivity contribution in [3.8, 4) is 0 Å². The van der Waals surface area contributed by atoms with E-state index >= 15 is 0 Å². The number of nitrogens with zero attached hydrogens (tertiary/aromatic N) is 1. The number of likely N-dealkylation sites (tertiary alicyclic amines) is 1. The Morgan fingerprint density at radius 1 is 1.45 bits per heavy atom. The third kappa shape index (κ3) is 2.46. The summed E-state index contributed by atoms with van der Waals surface area (Å²) in [4.78, 5) is 2.52. The van der Waals surface area contributed by atoms with Gasteiger partial charge in [-0.05, 0) is 18.9 Å². The fourth-order valence-corrected chi connectivity index (χ4v) is 1.48. The zero-order valence-electron chi connectivity index (χ0n) is 7.93. The van der Waals surface area contributed by atoms with Gasteiger partial charge in [-0.3, -0.25) is 0 Å². The van der Waals surface area contributed by atoms with Crippen molar-refractivity contribution in [1.29, 1.82) is 0 Å². The highest BCUT2D eigenvalue weighted by molar-refractivity contribution is 4.81. The largest absolute Gasteiger partial charge is 0.318 e. The highest BCUT2D eigenvalue weighted by Gasteiger charge is 2.27. The molecule has 1 aliphatic heterocycles. The Balaban J connectivity index is 2.00. The summed E-state index contributed by atoms with van der Waals surface area (Å²) in [5.41, 5.74) is 0. The molecule has 1 heterocycles. The van der Waals surface area contributed by atoms with Crippen LogP contribution < -0.4 is 5.32 Å². The molecule has 0 spiro atoms. The first kappa shape index (κ1) is 9.01. The minimum atomic E-state index is 0.876. The minimum Gasteiger partial charge on any atom is -0.318 e. The molecule has 1 rings (SSSR count). The number of rotatable bonds is 4. The van der Waals surface area contributed by atoms with Crippen LogP contribution in [0.1, 0.15) is 13.8 Å². The molecule has 1 saturated heterocycles. The molecule has 0 atom stereocenters. The first-order valence-corrected chi connectivity index (χ1v) is 4.61. The van der Waals surface area contributed by atoms with Gasteiger partial charge in [0.05, 0.1) is 0 Å². The van der Waals surface area contributed by atoms with Crippen LogP contribution in [-0.2, 0) is 0 Å². The predicted octanol–water partition coefficient (Wildman–Crippen LogP) is 0.794. The molecule has 1 N–H and O–H groups in total. The van der Waals surface area contributed by atoms with E-state index in [9.17, 15) is 0 Å². The smallest absolute Gasteiger partial charge is 0.0107 e. The highest BCUT2D eigenvalue weighted by atomic mass is 15.2. The van der Waals surface area contributed by atoms with Crippen LogP contribution in [0.15, 0.2) is 0 Å². The molecule has 1 aliphatic rings. The van der Waals surface area contributed by atoms with Crippen molar-refractivity contribution < 1.29 is 0 Å². The summed E-state index contributed by atoms with van der Waals surface area (Å²) in [6.45, 7) is 9.63. The summed E-state index contributed by atoms with van der Waals surface area (Å²) >= 11 is 0. The molecule has 0 aromatic heterocycles. The van der Waals surface area contributed by atoms with Gasteiger partial charge in [0.2, 0.25) is 0 Å². The Hall–Kier alpha value is -0.0800. The van der Waals surface area contributed by atoms with E-state index in [4.69, 9.17) is 0 Å². The van der Waals surface area contributed by atoms with Crippen LogP contribution in [-0.4, -0.2) is 38.1 Å². The lowest BCUT2D eigenvalue weighted by Gasteiger charge is -2.41. The van der Waals surface area contributed by atoms with Gasteiger partial charge >= 0.3 is 0 Å². The normalized spacial score (nSPS) is 20.7. The molecule has 1 fully saturated rings. The number of nitrogens with one attached hydrogen (secondary N) is 1. The van der Waals surface area contributed by atoms with E-state index in [-0.39, 0.29) is 0 Å². The van der Waals surface area contributed by atoms with Crippen LogP contribution in [0.3, 0.4) is 0 Å². The lowest BCUT2D eigenvalue weighted by Crippen LogP contribution is -2.50. The Kier molecular flexibility index (Phi) is 3.34. The molecule has 0 aromatic rings. The lowest BCUT2D eigenvalue weighted by molar-refractivity contribution is 0.0703. The van der Waals surface area contributed by atoms with Crippen molar-refractivity contribution in [1.82, 2.24) is 10.2 Å². The van der Waals surface area contributed by atoms with Crippen LogP contribution in [0.4, 0.5) is 0 Å². The van der Waals surface area contributed by atoms with Crippen molar-refractivity contribution in [3.05, 3.63) is 0 Å². The highest BCUT2D eigenvalue weighted by Crippen LogP contribution is 2.22. The quantitative estimate of drug-likeness (QED) is 0.647. The van der Waals surface area contributed by atoms with E-state index in [0.717, 1.165) is 18.4 Å². The fourth-order valence-electron chi connectivity index (χ4n) is 1.48. The minimum absolute atomic E-state index is 0.876. The third-order valence-electron chi connectivity index (χ3n) is 2.61. The van der Waals surface area contributed by atoms with Crippen LogP contribution >= 0.6 is 0 Å². The average Bonchev–Trinajstić information content (AvgIpc) is 1.84. The lowest BCUT2D eigenvalue weighted by atomic mass is 9.88. The fraction of sp³-hybridized carbons (Fsp3) is 1.00. The van der Waals surface area contributed by atoms with Gasteiger partial charge < -0.3 is 10.2 Å². The molecule has 0 aliphatic carbocycles. The molecule has 0 amide bonds. The first-order valence-electron chi connectivity index (χ1n) is 4.61. The summed E-state index contributed by atoms with van der Waals surface area (Å²) in [7, 11) is 2.01. The third-order valence-corrected chi connectivity index (χ3v) is 2.61. The Morgan fingerprint density at radius 2 is 2.09 bits per heavy atom. The average molecular weight is 156 g/mol. The van der Waals surface area contributed by atoms with Gasteiger partial charge in [-0.2, -0.15) is 0 Å². The molecule has 2 nitrogen and oxygen atoms in total. The van der Waals surface area contributed by atoms with Gasteiger partial charge in [-0.15, -0.1) is 0 Å². The van der Waals surface area contributed by atoms with Crippen LogP contribution in [0.5, 0.6) is 0 Å². The van der Waals surface area contributed by atoms with Gasteiger partial charge in [0.1, 0.15) is 0 Å². The van der Waals surface area contributed by atoms with Gasteiger partial charge in [-0.25, -0.2) is 0 Å². The molecular formula is C9H20N2. The molecule has 66 valence electrons. The molecule has 11 heavy (non-hydrogen) atoms. The number of likely N-dealkylation sites (N-methyl/N-ethyl adjacent to an activating group) is 1. The second-order valence-corrected chi connectivity index (χ2v) is 3.87. The van der Waals surface area contributed by atoms with Crippen LogP contribution in [0.25, 0.3) is 0 Å². The maximum absolute atomic E-state index is 3.17. The van der Waals surface area contributed by atoms with E-state index in [1.54, 1.807) is 0 Å². The van der Waals surface area contributed by atoms with Crippen LogP contribution in [0.2, 0.25) is 0 Å². The Bertz CT molecular complexity index is 106. The molecule has 0 radical (unpaired) electrons. The molecule has 0 unspecified atom stereocenters. The summed E-state index contributed by atoms with van der Waals surface area (Å²) < 4.78 is 0. The van der Waals surface area contributed by atoms with Crippen molar-refractivity contribution in [2.45, 2.75) is 13.8 Å². The van der Waals surface area contributed by atoms with Gasteiger partial charge in [0, 0.05) is 26.2 Å². The van der Waals surface area contributed by atoms with Gasteiger partial charge in [0.25, 0.3) is 0 Å². The zero-order chi connectivity index (χ0) is 8.27. The number of hydrogen-bond donors (Lipinski definition) is 1. The van der Waals surface area contributed by atoms with Gasteiger partial charge in [0.15, 0.2) is 0 Å². The standard InChI is InChI=1S/C9H20N2/c1-8(2)9-6-11(7-9)5-4-10-3/h8-10H,4-7H2,1-3H3. The molecule has 0 aromatic carbocycles. The van der Waals surface area contributed by atoms with E-state index in [1.165, 1.54) is 19.6 Å². The van der Waals surface area contributed by atoms with Gasteiger partial charge in [-0.1, -0.05) is 13.8 Å². The zero-order valence-corrected chi connectivity index (χ0v) is 7.93. The van der Waals surface area contributed by atoms with E-state index < -0.39 is 0 Å². The summed E-state index contributed by atoms with van der Waals surface area (Å²) in [5, 5.41) is 3.17. The predicted molar refractivity (Wildman–Crippen MR) is 48.7 cm³/mol. The summed E-state index contributed by atoms with van der Waals surface area (Å²) in [6.07, 6.45) is 0. The van der Waals surface area contributed by atoms with Crippen molar-refractivity contribution in [3.63, 3.8) is 0 Å². The van der Waals surface area contributed by atoms with E-state index in [1.807, 2.05) is 7.05 Å². The molecule has 0 bridgehead atoms. The monoisotopic (exact) mass is 156 g/mol. The number of hydrogen-bond acceptors (Lipinski definition) is 2. The SMILES string of the molecule is CNCCN1CC(C(C)C)C1. The van der Waals surface area contributed by atoms with Crippen molar-refractivity contribution in [2.24, 2.45) is 11.8 Å². The van der Waals surface area contributed by atoms with Crippen molar-refractivity contribution >= 4 is 0 Å². The Morgan fingerprint density at radius 3 is 2.55 bits per heavy atom. The summed E-state index contributed by atoms with van der Waals surface area (Å²) in [5.74, 6) is 1.84. The van der Waals surface area contributed by atoms with E-state index in [0.29, 0.717) is 0 Å². The maximum atomic E-state index is 3.17. The maximum Gasteiger partial charge on any atom is 0.0107 e. The Labute approximate surface area is 70.0 Å². The topological polar surface area (TPSA) is 15.3 Å². The second kappa shape index (κ2) is 4.07.